The highest BCUT2D eigenvalue weighted by atomic mass is 127. The third-order valence-electron chi connectivity index (χ3n) is 3.91. The summed E-state index contributed by atoms with van der Waals surface area (Å²) in [6.45, 7) is 4.69. The zero-order valence-electron chi connectivity index (χ0n) is 12.4. The molecule has 1 fully saturated rings. The van der Waals surface area contributed by atoms with E-state index in [2.05, 4.69) is 45.0 Å². The molecule has 0 aliphatic carbocycles. The lowest BCUT2D eigenvalue weighted by atomic mass is 10.2. The van der Waals surface area contributed by atoms with Gasteiger partial charge in [0.15, 0.2) is 0 Å². The highest BCUT2D eigenvalue weighted by Crippen LogP contribution is 2.16. The second kappa shape index (κ2) is 7.57. The Kier molecular flexibility index (Phi) is 5.49. The third-order valence-corrected chi connectivity index (χ3v) is 5.44. The van der Waals surface area contributed by atoms with Gasteiger partial charge in [0, 0.05) is 46.7 Å². The number of amides is 1. The van der Waals surface area contributed by atoms with Crippen LogP contribution in [0.4, 0.5) is 0 Å². The summed E-state index contributed by atoms with van der Waals surface area (Å²) in [6.07, 6.45) is 1.04. The molecular formula is C17H19IN2OS. The molecule has 0 atom stereocenters. The Hall–Kier alpha value is -0.920. The van der Waals surface area contributed by atoms with Gasteiger partial charge in [-0.05, 0) is 58.7 Å². The monoisotopic (exact) mass is 426 g/mol. The number of carbonyl (C=O) groups excluding carboxylic acids is 1. The van der Waals surface area contributed by atoms with Crippen LogP contribution in [-0.2, 0) is 6.54 Å². The van der Waals surface area contributed by atoms with Crippen LogP contribution in [0.5, 0.6) is 0 Å². The SMILES string of the molecule is O=C(c1cccc(I)c1)N1CCCN(Cc2cccs2)CC1. The lowest BCUT2D eigenvalue weighted by molar-refractivity contribution is 0.0761. The maximum atomic E-state index is 12.6. The average Bonchev–Trinajstić information content (AvgIpc) is 2.91. The van der Waals surface area contributed by atoms with Gasteiger partial charge < -0.3 is 4.90 Å². The van der Waals surface area contributed by atoms with E-state index >= 15 is 0 Å². The molecule has 0 radical (unpaired) electrons. The topological polar surface area (TPSA) is 23.6 Å². The average molecular weight is 426 g/mol. The van der Waals surface area contributed by atoms with Gasteiger partial charge in [-0.2, -0.15) is 0 Å². The molecule has 0 saturated carbocycles. The second-order valence-electron chi connectivity index (χ2n) is 5.51. The fourth-order valence-corrected chi connectivity index (χ4v) is 4.05. The number of rotatable bonds is 3. The Morgan fingerprint density at radius 2 is 2.05 bits per heavy atom. The van der Waals surface area contributed by atoms with Crippen LogP contribution in [0.15, 0.2) is 41.8 Å². The van der Waals surface area contributed by atoms with Crippen LogP contribution in [0.2, 0.25) is 0 Å². The van der Waals surface area contributed by atoms with E-state index in [1.807, 2.05) is 29.2 Å². The van der Waals surface area contributed by atoms with Crippen LogP contribution >= 0.6 is 33.9 Å². The summed E-state index contributed by atoms with van der Waals surface area (Å²) in [5, 5.41) is 2.13. The van der Waals surface area contributed by atoms with Crippen LogP contribution in [-0.4, -0.2) is 41.9 Å². The standard InChI is InChI=1S/C17H19IN2OS/c18-15-5-1-4-14(12-15)17(21)20-8-3-7-19(9-10-20)13-16-6-2-11-22-16/h1-2,4-6,11-12H,3,7-10,13H2. The predicted octanol–water partition coefficient (Wildman–Crippen LogP) is 3.70. The minimum Gasteiger partial charge on any atom is -0.337 e. The molecule has 3 nitrogen and oxygen atoms in total. The molecular weight excluding hydrogens is 407 g/mol. The van der Waals surface area contributed by atoms with Crippen LogP contribution in [0.25, 0.3) is 0 Å². The predicted molar refractivity (Wildman–Crippen MR) is 99.3 cm³/mol. The van der Waals surface area contributed by atoms with E-state index in [-0.39, 0.29) is 5.91 Å². The van der Waals surface area contributed by atoms with Crippen molar-refractivity contribution in [3.8, 4) is 0 Å². The maximum Gasteiger partial charge on any atom is 0.253 e. The van der Waals surface area contributed by atoms with Gasteiger partial charge in [0.05, 0.1) is 0 Å². The van der Waals surface area contributed by atoms with Gasteiger partial charge in [0.25, 0.3) is 5.91 Å². The fourth-order valence-electron chi connectivity index (χ4n) is 2.76. The molecule has 1 aliphatic heterocycles. The summed E-state index contributed by atoms with van der Waals surface area (Å²) in [5.41, 5.74) is 0.804. The van der Waals surface area contributed by atoms with Crippen molar-refractivity contribution in [1.82, 2.24) is 9.80 Å². The molecule has 1 aromatic carbocycles. The highest BCUT2D eigenvalue weighted by molar-refractivity contribution is 14.1. The van der Waals surface area contributed by atoms with E-state index in [9.17, 15) is 4.79 Å². The van der Waals surface area contributed by atoms with Crippen LogP contribution in [0.1, 0.15) is 21.7 Å². The van der Waals surface area contributed by atoms with Gasteiger partial charge in [0.1, 0.15) is 0 Å². The lowest BCUT2D eigenvalue weighted by Crippen LogP contribution is -2.35. The molecule has 0 bridgehead atoms. The van der Waals surface area contributed by atoms with Crippen molar-refractivity contribution in [3.63, 3.8) is 0 Å². The van der Waals surface area contributed by atoms with Crippen LogP contribution in [0, 0.1) is 3.57 Å². The first-order valence-corrected chi connectivity index (χ1v) is 9.48. The van der Waals surface area contributed by atoms with Crippen molar-refractivity contribution >= 4 is 39.8 Å². The van der Waals surface area contributed by atoms with E-state index in [1.54, 1.807) is 11.3 Å². The molecule has 2 heterocycles. The zero-order valence-corrected chi connectivity index (χ0v) is 15.3. The smallest absolute Gasteiger partial charge is 0.253 e. The van der Waals surface area contributed by atoms with E-state index in [0.29, 0.717) is 0 Å². The first kappa shape index (κ1) is 16.0. The number of halogens is 1. The van der Waals surface area contributed by atoms with E-state index in [0.717, 1.165) is 48.3 Å². The van der Waals surface area contributed by atoms with Crippen molar-refractivity contribution < 1.29 is 4.79 Å². The minimum atomic E-state index is 0.163. The number of nitrogens with zero attached hydrogens (tertiary/aromatic N) is 2. The molecule has 1 saturated heterocycles. The van der Waals surface area contributed by atoms with Crippen molar-refractivity contribution in [2.45, 2.75) is 13.0 Å². The van der Waals surface area contributed by atoms with E-state index < -0.39 is 0 Å². The van der Waals surface area contributed by atoms with Crippen molar-refractivity contribution in [2.24, 2.45) is 0 Å². The zero-order chi connectivity index (χ0) is 15.4. The van der Waals surface area contributed by atoms with Crippen molar-refractivity contribution in [1.29, 1.82) is 0 Å². The van der Waals surface area contributed by atoms with Crippen molar-refractivity contribution in [3.05, 3.63) is 55.8 Å². The fraction of sp³-hybridized carbons (Fsp3) is 0.353. The molecule has 0 unspecified atom stereocenters. The quantitative estimate of drug-likeness (QED) is 0.699. The number of hydrogen-bond acceptors (Lipinski definition) is 3. The van der Waals surface area contributed by atoms with Gasteiger partial charge in [-0.25, -0.2) is 0 Å². The highest BCUT2D eigenvalue weighted by Gasteiger charge is 2.20. The third kappa shape index (κ3) is 4.08. The number of carbonyl (C=O) groups is 1. The summed E-state index contributed by atoms with van der Waals surface area (Å²) in [6, 6.07) is 12.1. The van der Waals surface area contributed by atoms with Gasteiger partial charge >= 0.3 is 0 Å². The molecule has 1 aromatic heterocycles. The molecule has 5 heteroatoms. The molecule has 2 aromatic rings. The molecule has 22 heavy (non-hydrogen) atoms. The first-order valence-electron chi connectivity index (χ1n) is 7.52. The number of hydrogen-bond donors (Lipinski definition) is 0. The van der Waals surface area contributed by atoms with E-state index in [1.165, 1.54) is 4.88 Å². The molecule has 0 spiro atoms. The summed E-state index contributed by atoms with van der Waals surface area (Å²) in [4.78, 5) is 18.5. The van der Waals surface area contributed by atoms with Gasteiger partial charge in [0.2, 0.25) is 0 Å². The largest absolute Gasteiger partial charge is 0.337 e. The molecule has 116 valence electrons. The van der Waals surface area contributed by atoms with Gasteiger partial charge in [-0.15, -0.1) is 11.3 Å². The Morgan fingerprint density at radius 1 is 1.14 bits per heavy atom. The Labute approximate surface area is 149 Å². The molecule has 1 aliphatic rings. The van der Waals surface area contributed by atoms with Gasteiger partial charge in [-0.3, -0.25) is 9.69 Å². The summed E-state index contributed by atoms with van der Waals surface area (Å²) in [7, 11) is 0. The van der Waals surface area contributed by atoms with Gasteiger partial charge in [-0.1, -0.05) is 12.1 Å². The molecule has 0 N–H and O–H groups in total. The maximum absolute atomic E-state index is 12.6. The second-order valence-corrected chi connectivity index (χ2v) is 7.79. The normalized spacial score (nSPS) is 16.5. The summed E-state index contributed by atoms with van der Waals surface area (Å²) < 4.78 is 1.11. The number of benzene rings is 1. The van der Waals surface area contributed by atoms with Crippen LogP contribution in [0.3, 0.4) is 0 Å². The Balaban J connectivity index is 1.61. The number of thiophene rings is 1. The van der Waals surface area contributed by atoms with Crippen LogP contribution < -0.4 is 0 Å². The summed E-state index contributed by atoms with van der Waals surface area (Å²) >= 11 is 4.06. The summed E-state index contributed by atoms with van der Waals surface area (Å²) in [5.74, 6) is 0.163. The molecule has 1 amide bonds. The Morgan fingerprint density at radius 3 is 2.82 bits per heavy atom. The van der Waals surface area contributed by atoms with Crippen molar-refractivity contribution in [2.75, 3.05) is 26.2 Å². The minimum absolute atomic E-state index is 0.163. The first-order chi connectivity index (χ1) is 10.7. The molecule has 3 rings (SSSR count). The lowest BCUT2D eigenvalue weighted by Gasteiger charge is -2.22. The Bertz CT molecular complexity index is 629. The van der Waals surface area contributed by atoms with E-state index in [4.69, 9.17) is 0 Å².